The average Bonchev–Trinajstić information content (AvgIpc) is 3.53. The SMILES string of the molecule is CC1=Cc2cc3[n-]c(cc4nc(cc5[n-]c(cc1n2)c(C)c5CCC(=O)O)C(CCC(=O)O)=C4C)cc3C.[Zn+2]. The van der Waals surface area contributed by atoms with Crippen molar-refractivity contribution in [2.24, 2.45) is 0 Å². The number of allylic oxidation sites excluding steroid dienone is 3. The number of rotatable bonds is 6. The molecule has 5 heterocycles. The summed E-state index contributed by atoms with van der Waals surface area (Å²) in [5.74, 6) is -1.76. The zero-order chi connectivity index (χ0) is 27.1. The van der Waals surface area contributed by atoms with Crippen LogP contribution in [0.1, 0.15) is 72.6 Å². The smallest absolute Gasteiger partial charge is 0.658 e. The molecule has 0 unspecified atom stereocenters. The van der Waals surface area contributed by atoms with Crippen molar-refractivity contribution in [1.29, 1.82) is 0 Å². The first-order chi connectivity index (χ1) is 18.1. The van der Waals surface area contributed by atoms with Crippen molar-refractivity contribution in [3.8, 4) is 0 Å². The van der Waals surface area contributed by atoms with Gasteiger partial charge in [0.05, 0.1) is 22.8 Å². The van der Waals surface area contributed by atoms with Crippen molar-refractivity contribution in [2.45, 2.75) is 53.4 Å². The molecule has 0 saturated carbocycles. The molecule has 8 nitrogen and oxygen atoms in total. The number of aromatic nitrogens is 4. The summed E-state index contributed by atoms with van der Waals surface area (Å²) < 4.78 is 0. The van der Waals surface area contributed by atoms with Crippen LogP contribution >= 0.6 is 0 Å². The van der Waals surface area contributed by atoms with Crippen LogP contribution < -0.4 is 9.97 Å². The number of carboxylic acid groups (broad SMARTS) is 2. The zero-order valence-corrected chi connectivity index (χ0v) is 25.5. The Balaban J connectivity index is 0.00000353. The molecule has 0 saturated heterocycles. The van der Waals surface area contributed by atoms with E-state index in [0.29, 0.717) is 24.1 Å². The third kappa shape index (κ3) is 5.78. The summed E-state index contributed by atoms with van der Waals surface area (Å²) in [7, 11) is 0. The number of fused-ring (bicyclic) bond motifs is 8. The van der Waals surface area contributed by atoms with Crippen LogP contribution in [0.3, 0.4) is 0 Å². The fourth-order valence-electron chi connectivity index (χ4n) is 4.96. The molecule has 0 fully saturated rings. The Morgan fingerprint density at radius 1 is 0.769 bits per heavy atom. The first-order valence-corrected chi connectivity index (χ1v) is 12.5. The Kier molecular flexibility index (Phi) is 8.02. The minimum atomic E-state index is -0.882. The number of hydrogen-bond donors (Lipinski definition) is 2. The second-order valence-electron chi connectivity index (χ2n) is 9.84. The summed E-state index contributed by atoms with van der Waals surface area (Å²) in [4.78, 5) is 42.2. The maximum Gasteiger partial charge on any atom is 2.00 e. The molecule has 5 rings (SSSR count). The first-order valence-electron chi connectivity index (χ1n) is 12.5. The Hall–Kier alpha value is -3.84. The third-order valence-electron chi connectivity index (χ3n) is 7.10. The molecule has 2 aliphatic rings. The molecule has 3 aromatic rings. The Labute approximate surface area is 238 Å². The van der Waals surface area contributed by atoms with Gasteiger partial charge in [0.2, 0.25) is 0 Å². The Morgan fingerprint density at radius 3 is 2.18 bits per heavy atom. The summed E-state index contributed by atoms with van der Waals surface area (Å²) in [6.07, 6.45) is 2.61. The van der Waals surface area contributed by atoms with Gasteiger partial charge in [-0.2, -0.15) is 0 Å². The molecule has 0 amide bonds. The van der Waals surface area contributed by atoms with Crippen molar-refractivity contribution in [1.82, 2.24) is 19.9 Å². The second-order valence-corrected chi connectivity index (χ2v) is 9.84. The van der Waals surface area contributed by atoms with E-state index in [1.807, 2.05) is 64.1 Å². The molecule has 0 aliphatic carbocycles. The van der Waals surface area contributed by atoms with E-state index in [1.54, 1.807) is 0 Å². The zero-order valence-electron chi connectivity index (χ0n) is 22.5. The summed E-state index contributed by atoms with van der Waals surface area (Å²) in [5, 5.41) is 18.7. The van der Waals surface area contributed by atoms with Gasteiger partial charge in [-0.25, -0.2) is 9.97 Å². The van der Waals surface area contributed by atoms with Gasteiger partial charge in [0.15, 0.2) is 0 Å². The Bertz CT molecular complexity index is 1730. The summed E-state index contributed by atoms with van der Waals surface area (Å²) in [5.41, 5.74) is 11.4. The molecule has 2 aliphatic heterocycles. The van der Waals surface area contributed by atoms with E-state index in [1.165, 1.54) is 0 Å². The fourth-order valence-corrected chi connectivity index (χ4v) is 4.96. The maximum absolute atomic E-state index is 11.4. The number of carboxylic acids is 2. The third-order valence-corrected chi connectivity index (χ3v) is 7.10. The molecule has 9 heteroatoms. The van der Waals surface area contributed by atoms with Gasteiger partial charge in [-0.15, -0.1) is 22.1 Å². The molecule has 2 N–H and O–H groups in total. The number of nitrogens with zero attached hydrogens (tertiary/aromatic N) is 4. The molecule has 0 aromatic carbocycles. The predicted molar refractivity (Wildman–Crippen MR) is 147 cm³/mol. The molecule has 0 atom stereocenters. The normalized spacial score (nSPS) is 12.8. The number of hydrogen-bond acceptors (Lipinski definition) is 4. The van der Waals surface area contributed by atoms with Crippen LogP contribution in [-0.4, -0.2) is 32.1 Å². The van der Waals surface area contributed by atoms with Gasteiger partial charge in [-0.1, -0.05) is 47.0 Å². The quantitative estimate of drug-likeness (QED) is 0.367. The Morgan fingerprint density at radius 2 is 1.46 bits per heavy atom. The minimum Gasteiger partial charge on any atom is -0.658 e. The van der Waals surface area contributed by atoms with E-state index in [0.717, 1.165) is 67.0 Å². The largest absolute Gasteiger partial charge is 2.00 e. The molecule has 3 aromatic heterocycles. The van der Waals surface area contributed by atoms with Crippen LogP contribution in [0, 0.1) is 13.8 Å². The van der Waals surface area contributed by atoms with E-state index in [4.69, 9.17) is 19.9 Å². The van der Waals surface area contributed by atoms with Gasteiger partial charge in [-0.3, -0.25) is 9.59 Å². The van der Waals surface area contributed by atoms with Crippen molar-refractivity contribution >= 4 is 56.8 Å². The van der Waals surface area contributed by atoms with Gasteiger partial charge in [0.1, 0.15) is 0 Å². The second kappa shape index (κ2) is 11.1. The van der Waals surface area contributed by atoms with E-state index in [2.05, 4.69) is 0 Å². The average molecular weight is 574 g/mol. The summed E-state index contributed by atoms with van der Waals surface area (Å²) in [6.45, 7) is 7.89. The van der Waals surface area contributed by atoms with E-state index >= 15 is 0 Å². The monoisotopic (exact) mass is 572 g/mol. The fraction of sp³-hybridized carbons (Fsp3) is 0.267. The number of carbonyl (C=O) groups is 2. The molecule has 8 bridgehead atoms. The maximum atomic E-state index is 11.4. The summed E-state index contributed by atoms with van der Waals surface area (Å²) in [6, 6.07) is 9.66. The van der Waals surface area contributed by atoms with Crippen molar-refractivity contribution in [2.75, 3.05) is 0 Å². The summed E-state index contributed by atoms with van der Waals surface area (Å²) >= 11 is 0. The molecule has 0 spiro atoms. The minimum absolute atomic E-state index is 0. The van der Waals surface area contributed by atoms with Gasteiger partial charge < -0.3 is 20.2 Å². The predicted octanol–water partition coefficient (Wildman–Crippen LogP) is 5.56. The van der Waals surface area contributed by atoms with Crippen molar-refractivity contribution < 1.29 is 39.3 Å². The van der Waals surface area contributed by atoms with Crippen LogP contribution in [0.4, 0.5) is 0 Å². The standard InChI is InChI=1S/C30H30N4O4.Zn/c1-15-9-20-12-25-17(3)21(5-7-29(35)36)27(33-25)14-28-22(6-8-30(37)38)18(4)26(34-28)13-24-16(2)10-19(32-24)11-23(15)31-20;/h9-14H,5-8H2,1-4H3,(H4,31,32,33,34,35,36,37,38);/q;+2/p-2. The van der Waals surface area contributed by atoms with Gasteiger partial charge in [0.25, 0.3) is 0 Å². The number of aryl methyl sites for hydroxylation is 3. The van der Waals surface area contributed by atoms with E-state index in [9.17, 15) is 19.8 Å². The molecule has 0 radical (unpaired) electrons. The van der Waals surface area contributed by atoms with E-state index < -0.39 is 11.9 Å². The van der Waals surface area contributed by atoms with Gasteiger partial charge in [0, 0.05) is 12.8 Å². The van der Waals surface area contributed by atoms with Gasteiger partial charge >= 0.3 is 31.4 Å². The first kappa shape index (κ1) is 28.2. The van der Waals surface area contributed by atoms with Gasteiger partial charge in [-0.05, 0) is 63.3 Å². The van der Waals surface area contributed by atoms with Crippen molar-refractivity contribution in [3.63, 3.8) is 0 Å². The van der Waals surface area contributed by atoms with Crippen LogP contribution in [0.15, 0.2) is 30.3 Å². The molecular weight excluding hydrogens is 546 g/mol. The van der Waals surface area contributed by atoms with Crippen LogP contribution in [-0.2, 0) is 35.5 Å². The van der Waals surface area contributed by atoms with Crippen LogP contribution in [0.25, 0.3) is 44.9 Å². The van der Waals surface area contributed by atoms with Crippen LogP contribution in [0.2, 0.25) is 0 Å². The molecule has 194 valence electrons. The molecular formula is C30H28N4O4Zn. The topological polar surface area (TPSA) is 129 Å². The molecule has 39 heavy (non-hydrogen) atoms. The van der Waals surface area contributed by atoms with Crippen LogP contribution in [0.5, 0.6) is 0 Å². The number of aliphatic carboxylic acids is 2. The van der Waals surface area contributed by atoms with E-state index in [-0.39, 0.29) is 32.3 Å². The van der Waals surface area contributed by atoms with Crippen molar-refractivity contribution in [3.05, 3.63) is 69.8 Å².